The van der Waals surface area contributed by atoms with Crippen molar-refractivity contribution < 1.29 is 13.9 Å². The number of rotatable bonds is 6. The Morgan fingerprint density at radius 3 is 2.76 bits per heavy atom. The third kappa shape index (κ3) is 4.85. The lowest BCUT2D eigenvalue weighted by molar-refractivity contribution is -0.123. The number of nitrogens with one attached hydrogen (secondary N) is 1. The van der Waals surface area contributed by atoms with Crippen LogP contribution in [-0.2, 0) is 4.79 Å². The van der Waals surface area contributed by atoms with Crippen LogP contribution in [0.25, 0.3) is 0 Å². The zero-order valence-corrected chi connectivity index (χ0v) is 10.2. The molecule has 1 aromatic rings. The van der Waals surface area contributed by atoms with Crippen molar-refractivity contribution in [3.8, 4) is 5.75 Å². The minimum absolute atomic E-state index is 0.0116. The molecule has 94 valence electrons. The second-order valence-corrected chi connectivity index (χ2v) is 4.08. The van der Waals surface area contributed by atoms with Crippen LogP contribution in [0.1, 0.15) is 20.3 Å². The van der Waals surface area contributed by atoms with Crippen molar-refractivity contribution in [1.82, 2.24) is 5.32 Å². The number of para-hydroxylation sites is 1. The molecule has 0 unspecified atom stereocenters. The maximum atomic E-state index is 13.1. The molecule has 1 N–H and O–H groups in total. The molecule has 0 atom stereocenters. The fourth-order valence-corrected chi connectivity index (χ4v) is 1.23. The Labute approximate surface area is 101 Å². The third-order valence-corrected chi connectivity index (χ3v) is 2.24. The summed E-state index contributed by atoms with van der Waals surface area (Å²) in [6, 6.07) is 6.28. The van der Waals surface area contributed by atoms with Gasteiger partial charge in [0.1, 0.15) is 0 Å². The standard InChI is InChI=1S/C13H18FNO2/c1-10(2)13(16)15-8-5-9-17-12-7-4-3-6-11(12)14/h3-4,6-7,10H,5,8-9H2,1-2H3,(H,15,16). The van der Waals surface area contributed by atoms with Gasteiger partial charge in [0.05, 0.1) is 6.61 Å². The van der Waals surface area contributed by atoms with Gasteiger partial charge >= 0.3 is 0 Å². The molecule has 0 aliphatic heterocycles. The molecular weight excluding hydrogens is 221 g/mol. The topological polar surface area (TPSA) is 38.3 Å². The highest BCUT2D eigenvalue weighted by atomic mass is 19.1. The van der Waals surface area contributed by atoms with Crippen LogP contribution in [0.5, 0.6) is 5.75 Å². The fourth-order valence-electron chi connectivity index (χ4n) is 1.23. The van der Waals surface area contributed by atoms with Crippen LogP contribution in [0.4, 0.5) is 4.39 Å². The maximum absolute atomic E-state index is 13.1. The first-order valence-electron chi connectivity index (χ1n) is 5.76. The largest absolute Gasteiger partial charge is 0.490 e. The summed E-state index contributed by atoms with van der Waals surface area (Å²) in [5.41, 5.74) is 0. The van der Waals surface area contributed by atoms with Crippen LogP contribution < -0.4 is 10.1 Å². The first kappa shape index (κ1) is 13.5. The van der Waals surface area contributed by atoms with Crippen LogP contribution >= 0.6 is 0 Å². The molecule has 17 heavy (non-hydrogen) atoms. The van der Waals surface area contributed by atoms with Crippen molar-refractivity contribution in [2.75, 3.05) is 13.2 Å². The zero-order valence-electron chi connectivity index (χ0n) is 10.2. The van der Waals surface area contributed by atoms with Gasteiger partial charge in [0.2, 0.25) is 5.91 Å². The molecule has 0 bridgehead atoms. The number of amides is 1. The van der Waals surface area contributed by atoms with Crippen LogP contribution in [0.3, 0.4) is 0 Å². The summed E-state index contributed by atoms with van der Waals surface area (Å²) in [6.07, 6.45) is 0.660. The zero-order chi connectivity index (χ0) is 12.7. The summed E-state index contributed by atoms with van der Waals surface area (Å²) in [4.78, 5) is 11.2. The fraction of sp³-hybridized carbons (Fsp3) is 0.462. The van der Waals surface area contributed by atoms with E-state index in [9.17, 15) is 9.18 Å². The Balaban J connectivity index is 2.17. The summed E-state index contributed by atoms with van der Waals surface area (Å²) in [6.45, 7) is 4.61. The molecule has 1 rings (SSSR count). The minimum atomic E-state index is -0.362. The van der Waals surface area contributed by atoms with Gasteiger partial charge in [0.25, 0.3) is 0 Å². The average Bonchev–Trinajstić information content (AvgIpc) is 2.30. The van der Waals surface area contributed by atoms with E-state index < -0.39 is 0 Å². The summed E-state index contributed by atoms with van der Waals surface area (Å²) in [7, 11) is 0. The van der Waals surface area contributed by atoms with E-state index >= 15 is 0 Å². The van der Waals surface area contributed by atoms with Crippen molar-refractivity contribution in [3.05, 3.63) is 30.1 Å². The summed E-state index contributed by atoms with van der Waals surface area (Å²) >= 11 is 0. The van der Waals surface area contributed by atoms with E-state index in [0.29, 0.717) is 19.6 Å². The van der Waals surface area contributed by atoms with Crippen LogP contribution in [0, 0.1) is 11.7 Å². The first-order valence-corrected chi connectivity index (χ1v) is 5.76. The Morgan fingerprint density at radius 2 is 2.12 bits per heavy atom. The molecule has 1 aromatic carbocycles. The normalized spacial score (nSPS) is 10.4. The number of carbonyl (C=O) groups is 1. The van der Waals surface area contributed by atoms with Gasteiger partial charge in [-0.05, 0) is 18.6 Å². The van der Waals surface area contributed by atoms with Crippen LogP contribution in [0.2, 0.25) is 0 Å². The quantitative estimate of drug-likeness (QED) is 0.774. The summed E-state index contributed by atoms with van der Waals surface area (Å²) < 4.78 is 18.4. The molecule has 0 aliphatic carbocycles. The van der Waals surface area contributed by atoms with E-state index in [0.717, 1.165) is 0 Å². The number of ether oxygens (including phenoxy) is 1. The molecule has 0 heterocycles. The smallest absolute Gasteiger partial charge is 0.222 e. The average molecular weight is 239 g/mol. The Hall–Kier alpha value is -1.58. The molecule has 3 nitrogen and oxygen atoms in total. The molecule has 0 spiro atoms. The highest BCUT2D eigenvalue weighted by Crippen LogP contribution is 2.15. The summed E-state index contributed by atoms with van der Waals surface area (Å²) in [5.74, 6) is -0.0974. The minimum Gasteiger partial charge on any atom is -0.490 e. The number of hydrogen-bond acceptors (Lipinski definition) is 2. The number of halogens is 1. The number of hydrogen-bond donors (Lipinski definition) is 1. The SMILES string of the molecule is CC(C)C(=O)NCCCOc1ccccc1F. The lowest BCUT2D eigenvalue weighted by Gasteiger charge is -2.09. The van der Waals surface area contributed by atoms with Gasteiger partial charge in [0, 0.05) is 12.5 Å². The van der Waals surface area contributed by atoms with Gasteiger partial charge in [-0.1, -0.05) is 26.0 Å². The molecule has 0 aromatic heterocycles. The van der Waals surface area contributed by atoms with Crippen molar-refractivity contribution in [1.29, 1.82) is 0 Å². The molecular formula is C13H18FNO2. The van der Waals surface area contributed by atoms with Crippen LogP contribution in [-0.4, -0.2) is 19.1 Å². The predicted molar refractivity (Wildman–Crippen MR) is 64.4 cm³/mol. The maximum Gasteiger partial charge on any atom is 0.222 e. The Kier molecular flexibility index (Phi) is 5.46. The molecule has 0 radical (unpaired) electrons. The molecule has 0 saturated heterocycles. The molecule has 0 aliphatic rings. The van der Waals surface area contributed by atoms with Gasteiger partial charge in [-0.2, -0.15) is 0 Å². The highest BCUT2D eigenvalue weighted by Gasteiger charge is 2.05. The monoisotopic (exact) mass is 239 g/mol. The van der Waals surface area contributed by atoms with E-state index in [1.165, 1.54) is 6.07 Å². The van der Waals surface area contributed by atoms with E-state index in [1.807, 2.05) is 13.8 Å². The number of benzene rings is 1. The van der Waals surface area contributed by atoms with E-state index in [4.69, 9.17) is 4.74 Å². The van der Waals surface area contributed by atoms with E-state index in [2.05, 4.69) is 5.32 Å². The molecule has 0 saturated carbocycles. The van der Waals surface area contributed by atoms with Gasteiger partial charge in [-0.15, -0.1) is 0 Å². The van der Waals surface area contributed by atoms with Crippen molar-refractivity contribution in [3.63, 3.8) is 0 Å². The Bertz CT molecular complexity index is 366. The summed E-state index contributed by atoms with van der Waals surface area (Å²) in [5, 5.41) is 2.77. The van der Waals surface area contributed by atoms with Gasteiger partial charge in [-0.25, -0.2) is 4.39 Å². The van der Waals surface area contributed by atoms with Crippen molar-refractivity contribution in [2.24, 2.45) is 5.92 Å². The first-order chi connectivity index (χ1) is 8.11. The van der Waals surface area contributed by atoms with E-state index in [1.54, 1.807) is 18.2 Å². The number of carbonyl (C=O) groups excluding carboxylic acids is 1. The lowest BCUT2D eigenvalue weighted by Crippen LogP contribution is -2.29. The highest BCUT2D eigenvalue weighted by molar-refractivity contribution is 5.77. The van der Waals surface area contributed by atoms with Crippen molar-refractivity contribution in [2.45, 2.75) is 20.3 Å². The van der Waals surface area contributed by atoms with Crippen molar-refractivity contribution >= 4 is 5.91 Å². The molecule has 0 fully saturated rings. The molecule has 4 heteroatoms. The van der Waals surface area contributed by atoms with Crippen LogP contribution in [0.15, 0.2) is 24.3 Å². The second-order valence-electron chi connectivity index (χ2n) is 4.08. The molecule has 1 amide bonds. The Morgan fingerprint density at radius 1 is 1.41 bits per heavy atom. The predicted octanol–water partition coefficient (Wildman–Crippen LogP) is 2.37. The third-order valence-electron chi connectivity index (χ3n) is 2.24. The van der Waals surface area contributed by atoms with Gasteiger partial charge < -0.3 is 10.1 Å². The second kappa shape index (κ2) is 6.89. The van der Waals surface area contributed by atoms with Gasteiger partial charge in [0.15, 0.2) is 11.6 Å². The van der Waals surface area contributed by atoms with Gasteiger partial charge in [-0.3, -0.25) is 4.79 Å². The van der Waals surface area contributed by atoms with E-state index in [-0.39, 0.29) is 23.4 Å². The lowest BCUT2D eigenvalue weighted by atomic mass is 10.2.